The average Bonchev–Trinajstić information content (AvgIpc) is 2.48. The Bertz CT molecular complexity index is 209. The first-order chi connectivity index (χ1) is 6.12. The Balaban J connectivity index is 2.58. The Morgan fingerprint density at radius 2 is 2.31 bits per heavy atom. The average molecular weight is 198 g/mol. The molecular weight excluding hydrogens is 180 g/mol. The second kappa shape index (κ2) is 4.34. The third-order valence-electron chi connectivity index (χ3n) is 2.58. The molecule has 0 heterocycles. The zero-order valence-corrected chi connectivity index (χ0v) is 9.45. The van der Waals surface area contributed by atoms with E-state index in [-0.39, 0.29) is 5.54 Å². The highest BCUT2D eigenvalue weighted by Gasteiger charge is 2.39. The summed E-state index contributed by atoms with van der Waals surface area (Å²) in [5.74, 6) is 0. The van der Waals surface area contributed by atoms with Crippen LogP contribution in [0.25, 0.3) is 0 Å². The van der Waals surface area contributed by atoms with Gasteiger partial charge in [0.05, 0.1) is 6.07 Å². The van der Waals surface area contributed by atoms with Gasteiger partial charge in [-0.05, 0) is 39.4 Å². The molecule has 1 fully saturated rings. The smallest absolute Gasteiger partial charge is 0.108 e. The maximum Gasteiger partial charge on any atom is 0.108 e. The van der Waals surface area contributed by atoms with Gasteiger partial charge in [-0.3, -0.25) is 5.32 Å². The number of hydrogen-bond donors (Lipinski definition) is 1. The van der Waals surface area contributed by atoms with Gasteiger partial charge in [0.15, 0.2) is 0 Å². The van der Waals surface area contributed by atoms with Crippen LogP contribution in [0.2, 0.25) is 0 Å². The van der Waals surface area contributed by atoms with Crippen molar-refractivity contribution < 1.29 is 0 Å². The van der Waals surface area contributed by atoms with Gasteiger partial charge in [0, 0.05) is 11.3 Å². The number of rotatable bonds is 3. The highest BCUT2D eigenvalue weighted by molar-refractivity contribution is 7.99. The fraction of sp³-hybridized carbons (Fsp3) is 0.900. The third kappa shape index (κ3) is 2.62. The van der Waals surface area contributed by atoms with E-state index in [1.54, 1.807) is 0 Å². The predicted octanol–water partition coefficient (Wildman–Crippen LogP) is 2.16. The van der Waals surface area contributed by atoms with Crippen molar-refractivity contribution in [1.29, 1.82) is 5.26 Å². The molecule has 2 nitrogen and oxygen atoms in total. The van der Waals surface area contributed by atoms with E-state index < -0.39 is 0 Å². The molecule has 0 radical (unpaired) electrons. The predicted molar refractivity (Wildman–Crippen MR) is 57.8 cm³/mol. The summed E-state index contributed by atoms with van der Waals surface area (Å²) in [5, 5.41) is 13.2. The van der Waals surface area contributed by atoms with Crippen molar-refractivity contribution in [2.24, 2.45) is 0 Å². The van der Waals surface area contributed by atoms with Crippen LogP contribution in [0.4, 0.5) is 0 Å². The quantitative estimate of drug-likeness (QED) is 0.755. The van der Waals surface area contributed by atoms with Gasteiger partial charge < -0.3 is 0 Å². The molecule has 0 saturated heterocycles. The maximum atomic E-state index is 9.16. The first kappa shape index (κ1) is 10.9. The summed E-state index contributed by atoms with van der Waals surface area (Å²) in [7, 11) is 0. The summed E-state index contributed by atoms with van der Waals surface area (Å²) in [6.45, 7) is 4.21. The van der Waals surface area contributed by atoms with Crippen LogP contribution in [0.3, 0.4) is 0 Å². The van der Waals surface area contributed by atoms with Gasteiger partial charge in [0.1, 0.15) is 5.54 Å². The lowest BCUT2D eigenvalue weighted by Crippen LogP contribution is -2.45. The van der Waals surface area contributed by atoms with Gasteiger partial charge >= 0.3 is 0 Å². The van der Waals surface area contributed by atoms with Gasteiger partial charge in [-0.25, -0.2) is 0 Å². The van der Waals surface area contributed by atoms with Crippen molar-refractivity contribution in [2.75, 3.05) is 6.26 Å². The number of nitrogens with one attached hydrogen (secondary N) is 1. The molecule has 1 saturated carbocycles. The minimum Gasteiger partial charge on any atom is -0.297 e. The van der Waals surface area contributed by atoms with Gasteiger partial charge in [-0.2, -0.15) is 17.0 Å². The van der Waals surface area contributed by atoms with Gasteiger partial charge in [0.25, 0.3) is 0 Å². The second-order valence-corrected chi connectivity index (χ2v) is 5.23. The summed E-state index contributed by atoms with van der Waals surface area (Å²) in [5.41, 5.74) is -0.234. The molecule has 0 aromatic heterocycles. The first-order valence-electron chi connectivity index (χ1n) is 4.83. The second-order valence-electron chi connectivity index (χ2n) is 4.09. The summed E-state index contributed by atoms with van der Waals surface area (Å²) >= 11 is 1.89. The number of nitrogens with zero attached hydrogens (tertiary/aromatic N) is 1. The Kier molecular flexibility index (Phi) is 3.63. The molecule has 3 heteroatoms. The van der Waals surface area contributed by atoms with E-state index in [1.165, 1.54) is 6.42 Å². The van der Waals surface area contributed by atoms with Crippen molar-refractivity contribution in [3.8, 4) is 6.07 Å². The highest BCUT2D eigenvalue weighted by atomic mass is 32.2. The minimum atomic E-state index is -0.234. The van der Waals surface area contributed by atoms with E-state index in [1.807, 2.05) is 11.8 Å². The molecule has 1 aliphatic carbocycles. The van der Waals surface area contributed by atoms with Gasteiger partial charge in [-0.1, -0.05) is 0 Å². The molecule has 2 atom stereocenters. The fourth-order valence-corrected chi connectivity index (χ4v) is 2.82. The van der Waals surface area contributed by atoms with E-state index in [9.17, 15) is 0 Å². The van der Waals surface area contributed by atoms with E-state index in [4.69, 9.17) is 5.26 Å². The monoisotopic (exact) mass is 198 g/mol. The van der Waals surface area contributed by atoms with Gasteiger partial charge in [-0.15, -0.1) is 0 Å². The number of thioether (sulfide) groups is 1. The zero-order valence-electron chi connectivity index (χ0n) is 8.63. The molecule has 13 heavy (non-hydrogen) atoms. The van der Waals surface area contributed by atoms with Crippen molar-refractivity contribution in [2.45, 2.75) is 49.9 Å². The van der Waals surface area contributed by atoms with E-state index in [0.29, 0.717) is 11.3 Å². The topological polar surface area (TPSA) is 35.8 Å². The van der Waals surface area contributed by atoms with E-state index in [2.05, 4.69) is 31.5 Å². The van der Waals surface area contributed by atoms with Crippen LogP contribution < -0.4 is 5.32 Å². The van der Waals surface area contributed by atoms with Crippen LogP contribution in [0, 0.1) is 11.3 Å². The first-order valence-corrected chi connectivity index (χ1v) is 6.12. The van der Waals surface area contributed by atoms with Crippen molar-refractivity contribution >= 4 is 11.8 Å². The Morgan fingerprint density at radius 3 is 2.69 bits per heavy atom. The maximum absolute atomic E-state index is 9.16. The standard InChI is InChI=1S/C10H18N2S/c1-8(2)12-10(7-11)5-4-9(6-10)13-3/h8-9,12H,4-6H2,1-3H3. The molecule has 0 bridgehead atoms. The lowest BCUT2D eigenvalue weighted by molar-refractivity contribution is 0.386. The molecule has 0 aromatic rings. The summed E-state index contributed by atoms with van der Waals surface area (Å²) in [4.78, 5) is 0. The molecule has 0 aromatic carbocycles. The lowest BCUT2D eigenvalue weighted by atomic mass is 9.99. The normalized spacial score (nSPS) is 33.6. The summed E-state index contributed by atoms with van der Waals surface area (Å²) in [6.07, 6.45) is 5.32. The van der Waals surface area contributed by atoms with Crippen LogP contribution in [-0.4, -0.2) is 23.1 Å². The fourth-order valence-electron chi connectivity index (χ4n) is 2.02. The lowest BCUT2D eigenvalue weighted by Gasteiger charge is -2.25. The largest absolute Gasteiger partial charge is 0.297 e. The molecule has 1 N–H and O–H groups in total. The molecular formula is C10H18N2S. The Hall–Kier alpha value is -0.200. The molecule has 0 aliphatic heterocycles. The molecule has 74 valence electrons. The molecule has 1 rings (SSSR count). The number of nitriles is 1. The molecule has 0 spiro atoms. The van der Waals surface area contributed by atoms with Crippen LogP contribution in [-0.2, 0) is 0 Å². The van der Waals surface area contributed by atoms with Crippen LogP contribution in [0.15, 0.2) is 0 Å². The summed E-state index contributed by atoms with van der Waals surface area (Å²) in [6, 6.07) is 2.85. The Labute approximate surface area is 85.1 Å². The van der Waals surface area contributed by atoms with Crippen LogP contribution in [0.1, 0.15) is 33.1 Å². The minimum absolute atomic E-state index is 0.234. The molecule has 0 amide bonds. The van der Waals surface area contributed by atoms with Gasteiger partial charge in [0.2, 0.25) is 0 Å². The Morgan fingerprint density at radius 1 is 1.62 bits per heavy atom. The molecule has 2 unspecified atom stereocenters. The SMILES string of the molecule is CSC1CCC(C#N)(NC(C)C)C1. The summed E-state index contributed by atoms with van der Waals surface area (Å²) < 4.78 is 0. The van der Waals surface area contributed by atoms with Crippen LogP contribution in [0.5, 0.6) is 0 Å². The van der Waals surface area contributed by atoms with E-state index in [0.717, 1.165) is 12.8 Å². The van der Waals surface area contributed by atoms with Crippen molar-refractivity contribution in [3.05, 3.63) is 0 Å². The highest BCUT2D eigenvalue weighted by Crippen LogP contribution is 2.35. The van der Waals surface area contributed by atoms with Crippen LogP contribution >= 0.6 is 11.8 Å². The zero-order chi connectivity index (χ0) is 9.90. The van der Waals surface area contributed by atoms with E-state index >= 15 is 0 Å². The van der Waals surface area contributed by atoms with Crippen molar-refractivity contribution in [3.63, 3.8) is 0 Å². The third-order valence-corrected chi connectivity index (χ3v) is 3.65. The van der Waals surface area contributed by atoms with Crippen molar-refractivity contribution in [1.82, 2.24) is 5.32 Å². The molecule has 1 aliphatic rings. The number of hydrogen-bond acceptors (Lipinski definition) is 3.